The van der Waals surface area contributed by atoms with Crippen molar-refractivity contribution < 1.29 is 61.7 Å². The molecule has 2 amide bonds. The number of carbonyl (C=O) groups excluding carboxylic acids is 2. The molecule has 2 aromatic heterocycles. The first-order valence-corrected chi connectivity index (χ1v) is 13.9. The summed E-state index contributed by atoms with van der Waals surface area (Å²) in [5.41, 5.74) is 4.28. The van der Waals surface area contributed by atoms with Gasteiger partial charge in [-0.2, -0.15) is 0 Å². The molecule has 0 spiro atoms. The number of methoxy groups -OCH3 is 1. The van der Waals surface area contributed by atoms with Crippen molar-refractivity contribution in [1.82, 2.24) is 18.8 Å². The number of aromatic amines is 1. The van der Waals surface area contributed by atoms with E-state index in [9.17, 15) is 14.0 Å². The third kappa shape index (κ3) is 3.85. The van der Waals surface area contributed by atoms with E-state index in [0.29, 0.717) is 29.1 Å². The molecular weight excluding hydrogens is 645 g/mol. The number of benzene rings is 1. The van der Waals surface area contributed by atoms with Crippen LogP contribution >= 0.6 is 0 Å². The van der Waals surface area contributed by atoms with Gasteiger partial charge in [-0.25, -0.2) is 0 Å². The number of carbonyl (C=O) groups is 2. The average Bonchev–Trinajstić information content (AvgIpc) is 3.12. The van der Waals surface area contributed by atoms with Crippen molar-refractivity contribution in [2.45, 2.75) is 10.5 Å². The van der Waals surface area contributed by atoms with Gasteiger partial charge in [0.25, 0.3) is 0 Å². The molecule has 4 heterocycles. The summed E-state index contributed by atoms with van der Waals surface area (Å²) in [6, 6.07) is 6.40. The third-order valence-corrected chi connectivity index (χ3v) is 9.98. The van der Waals surface area contributed by atoms with Crippen molar-refractivity contribution in [1.29, 1.82) is 0 Å². The van der Waals surface area contributed by atoms with Crippen molar-refractivity contribution in [2.75, 3.05) is 16.0 Å². The predicted molar refractivity (Wildman–Crippen MR) is 107 cm³/mol. The van der Waals surface area contributed by atoms with E-state index in [1.54, 1.807) is 24.5 Å². The molecule has 0 saturated carbocycles. The summed E-state index contributed by atoms with van der Waals surface area (Å²) in [6.45, 7) is 0. The number of aromatic nitrogens is 2. The van der Waals surface area contributed by atoms with Gasteiger partial charge in [0, 0.05) is 0 Å². The van der Waals surface area contributed by atoms with E-state index >= 15 is 0 Å². The second-order valence-corrected chi connectivity index (χ2v) is 11.6. The summed E-state index contributed by atoms with van der Waals surface area (Å²) in [7, 11) is 1.39. The topological polar surface area (TPSA) is 120 Å². The molecule has 0 radical (unpaired) electrons. The van der Waals surface area contributed by atoms with Crippen LogP contribution < -0.4 is 65.4 Å². The monoisotopic (exact) mass is 662 g/mol. The fraction of sp³-hybridized carbons (Fsp3) is 0.150. The summed E-state index contributed by atoms with van der Waals surface area (Å²) >= 11 is -1.80. The predicted octanol–water partition coefficient (Wildman–Crippen LogP) is -3.28. The quantitative estimate of drug-likeness (QED) is 0.0661. The Bertz CT molecular complexity index is 1230. The van der Waals surface area contributed by atoms with Gasteiger partial charge in [-0.15, -0.1) is 0 Å². The number of alkyl halides is 1. The van der Waals surface area contributed by atoms with Crippen LogP contribution in [0.1, 0.15) is 16.1 Å². The molecule has 3 aromatic rings. The zero-order valence-electron chi connectivity index (χ0n) is 16.6. The Kier molecular flexibility index (Phi) is 5.79. The molecule has 2 aliphatic rings. The maximum absolute atomic E-state index is 14.3. The SMILES string of the molecule is COc1c(F)cccc1Nc1c2[nH]c3c1C(=O)N[C@H](C3)[I-]C(=O)N[I-]Nc1cnccc1-2. The summed E-state index contributed by atoms with van der Waals surface area (Å²) in [5.74, 6) is -0.731. The number of nitrogens with one attached hydrogen (secondary N) is 5. The second kappa shape index (κ2) is 8.73. The van der Waals surface area contributed by atoms with E-state index < -0.39 is 48.8 Å². The zero-order valence-corrected chi connectivity index (χ0v) is 20.9. The summed E-state index contributed by atoms with van der Waals surface area (Å²) in [4.78, 5) is 33.1. The van der Waals surface area contributed by atoms with E-state index in [2.05, 4.69) is 27.7 Å². The van der Waals surface area contributed by atoms with Crippen molar-refractivity contribution in [2.24, 2.45) is 0 Å². The number of H-pyrrole nitrogens is 1. The molecule has 3 bridgehead atoms. The molecule has 1 aromatic carbocycles. The zero-order chi connectivity index (χ0) is 22.2. The van der Waals surface area contributed by atoms with E-state index in [1.807, 2.05) is 6.07 Å². The Labute approximate surface area is 203 Å². The van der Waals surface area contributed by atoms with Crippen LogP contribution in [0.15, 0.2) is 36.7 Å². The van der Waals surface area contributed by atoms with Crippen LogP contribution in [0.4, 0.5) is 26.2 Å². The maximum atomic E-state index is 14.3. The number of ether oxygens (including phenoxy) is 1. The number of nitrogens with zero attached hydrogens (tertiary/aromatic N) is 1. The van der Waals surface area contributed by atoms with Crippen LogP contribution in [0.3, 0.4) is 0 Å². The van der Waals surface area contributed by atoms with Gasteiger partial charge in [0.1, 0.15) is 0 Å². The summed E-state index contributed by atoms with van der Waals surface area (Å²) in [6.07, 6.45) is 3.85. The number of hydrogen-bond donors (Lipinski definition) is 5. The van der Waals surface area contributed by atoms with Gasteiger partial charge in [-0.05, 0) is 0 Å². The van der Waals surface area contributed by atoms with Gasteiger partial charge in [-0.1, -0.05) is 0 Å². The number of hydrogen-bond acceptors (Lipinski definition) is 6. The molecule has 2 aliphatic heterocycles. The van der Waals surface area contributed by atoms with Crippen LogP contribution in [-0.4, -0.2) is 30.9 Å². The Balaban J connectivity index is 1.71. The number of fused-ring (bicyclic) bond motifs is 4. The summed E-state index contributed by atoms with van der Waals surface area (Å²) < 4.78 is 25.6. The molecule has 0 unspecified atom stereocenters. The molecular formula is C20H17FI2N6O3-2. The first kappa shape index (κ1) is 21.2. The van der Waals surface area contributed by atoms with Crippen LogP contribution in [0, 0.1) is 5.82 Å². The van der Waals surface area contributed by atoms with E-state index in [0.717, 1.165) is 16.9 Å². The molecule has 0 saturated heterocycles. The van der Waals surface area contributed by atoms with Crippen molar-refractivity contribution in [3.63, 3.8) is 0 Å². The van der Waals surface area contributed by atoms with Crippen molar-refractivity contribution in [3.05, 3.63) is 53.7 Å². The van der Waals surface area contributed by atoms with Crippen LogP contribution in [0.2, 0.25) is 0 Å². The minimum atomic E-state index is -0.951. The third-order valence-electron chi connectivity index (χ3n) is 5.00. The summed E-state index contributed by atoms with van der Waals surface area (Å²) in [5, 5.41) is 6.20. The number of rotatable bonds is 3. The molecule has 1 atom stereocenters. The Morgan fingerprint density at radius 2 is 2.12 bits per heavy atom. The van der Waals surface area contributed by atoms with Gasteiger partial charge in [-0.3, -0.25) is 0 Å². The molecule has 9 nitrogen and oxygen atoms in total. The van der Waals surface area contributed by atoms with Crippen LogP contribution in [0.25, 0.3) is 11.3 Å². The van der Waals surface area contributed by atoms with Gasteiger partial charge in [0.05, 0.1) is 0 Å². The number of pyridine rings is 1. The molecule has 5 N–H and O–H groups in total. The molecule has 12 heteroatoms. The van der Waals surface area contributed by atoms with Crippen LogP contribution in [0.5, 0.6) is 5.75 Å². The van der Waals surface area contributed by atoms with E-state index in [-0.39, 0.29) is 19.6 Å². The fourth-order valence-electron chi connectivity index (χ4n) is 3.68. The standard InChI is InChI=1S/C20H17FI2N6O3/c1-32-18-10(21)3-2-4-11(18)25-17-15-12-7-14(27-19(15)30)22-20(31)29-23-28-13-8-24-6-5-9(13)16(17)26-12/h2-6,8,14,25-26,28H,7H2,1H3,(H,27,30)(H,29,31)/q-2/t14-/m1/s1. The molecule has 32 heavy (non-hydrogen) atoms. The first-order chi connectivity index (χ1) is 15.5. The van der Waals surface area contributed by atoms with Crippen molar-refractivity contribution in [3.8, 4) is 17.0 Å². The Morgan fingerprint density at radius 1 is 1.25 bits per heavy atom. The minimum absolute atomic E-state index is 0.0153. The average molecular weight is 662 g/mol. The van der Waals surface area contributed by atoms with Gasteiger partial charge < -0.3 is 0 Å². The molecule has 0 aliphatic carbocycles. The molecule has 168 valence electrons. The Hall–Kier alpha value is -2.62. The van der Waals surface area contributed by atoms with E-state index in [1.165, 1.54) is 13.2 Å². The number of amides is 2. The Morgan fingerprint density at radius 3 is 2.97 bits per heavy atom. The molecule has 5 rings (SSSR count). The normalized spacial score (nSPS) is 17.8. The molecule has 0 fully saturated rings. The van der Waals surface area contributed by atoms with Crippen LogP contribution in [-0.2, 0) is 6.42 Å². The van der Waals surface area contributed by atoms with Crippen molar-refractivity contribution >= 4 is 26.9 Å². The first-order valence-electron chi connectivity index (χ1n) is 9.47. The van der Waals surface area contributed by atoms with Gasteiger partial charge in [0.2, 0.25) is 0 Å². The van der Waals surface area contributed by atoms with E-state index in [4.69, 9.17) is 4.74 Å². The second-order valence-electron chi connectivity index (χ2n) is 6.91. The van der Waals surface area contributed by atoms with Gasteiger partial charge >= 0.3 is 205 Å². The number of halogens is 3. The number of anilines is 3. The van der Waals surface area contributed by atoms with Gasteiger partial charge in [0.15, 0.2) is 0 Å². The number of para-hydroxylation sites is 1. The fourth-order valence-corrected chi connectivity index (χ4v) is 8.12.